The number of carbonyl (C=O) groups is 2. The van der Waals surface area contributed by atoms with E-state index in [1.807, 2.05) is 6.92 Å². The minimum absolute atomic E-state index is 0.0712. The number of hydrogen-bond donors (Lipinski definition) is 1. The molecule has 6 heteroatoms. The molecule has 1 aromatic rings. The van der Waals surface area contributed by atoms with Gasteiger partial charge in [0.25, 0.3) is 0 Å². The Morgan fingerprint density at radius 2 is 1.90 bits per heavy atom. The number of urea groups is 1. The summed E-state index contributed by atoms with van der Waals surface area (Å²) in [5.41, 5.74) is 0.572. The third-order valence-electron chi connectivity index (χ3n) is 3.70. The van der Waals surface area contributed by atoms with Crippen molar-refractivity contribution in [3.63, 3.8) is 0 Å². The Morgan fingerprint density at radius 3 is 2.40 bits per heavy atom. The summed E-state index contributed by atoms with van der Waals surface area (Å²) in [6.45, 7) is 2.45. The van der Waals surface area contributed by atoms with Gasteiger partial charge in [-0.05, 0) is 30.2 Å². The number of carboxylic acids is 1. The molecule has 0 saturated carbocycles. The van der Waals surface area contributed by atoms with Crippen molar-refractivity contribution < 1.29 is 19.1 Å². The maximum atomic E-state index is 12.9. The molecular weight excluding hydrogens is 263 g/mol. The molecule has 1 saturated heterocycles. The van der Waals surface area contributed by atoms with Gasteiger partial charge in [0.05, 0.1) is 5.92 Å². The van der Waals surface area contributed by atoms with E-state index in [9.17, 15) is 14.0 Å². The second-order valence-electron chi connectivity index (χ2n) is 5.15. The van der Waals surface area contributed by atoms with Crippen LogP contribution in [-0.2, 0) is 4.79 Å². The molecule has 0 spiro atoms. The van der Waals surface area contributed by atoms with Crippen LogP contribution >= 0.6 is 0 Å². The standard InChI is InChI=1S/C14H17FN2O3/c1-9-7-17(8-12(9)13(18)19)14(20)16(2)11-5-3-10(15)4-6-11/h3-6,9,12H,7-8H2,1-2H3,(H,18,19). The highest BCUT2D eigenvalue weighted by Crippen LogP contribution is 2.25. The fourth-order valence-corrected chi connectivity index (χ4v) is 2.43. The molecule has 2 rings (SSSR count). The molecule has 0 bridgehead atoms. The van der Waals surface area contributed by atoms with E-state index in [0.29, 0.717) is 12.2 Å². The van der Waals surface area contributed by atoms with E-state index in [1.165, 1.54) is 34.1 Å². The molecule has 2 atom stereocenters. The van der Waals surface area contributed by atoms with Crippen LogP contribution in [0.3, 0.4) is 0 Å². The highest BCUT2D eigenvalue weighted by atomic mass is 19.1. The lowest BCUT2D eigenvalue weighted by atomic mass is 9.99. The average molecular weight is 280 g/mol. The molecule has 0 aliphatic carbocycles. The monoisotopic (exact) mass is 280 g/mol. The van der Waals surface area contributed by atoms with Crippen molar-refractivity contribution in [2.45, 2.75) is 6.92 Å². The first-order chi connectivity index (χ1) is 9.40. The lowest BCUT2D eigenvalue weighted by molar-refractivity contribution is -0.142. The van der Waals surface area contributed by atoms with E-state index in [4.69, 9.17) is 5.11 Å². The van der Waals surface area contributed by atoms with Crippen LogP contribution in [0.25, 0.3) is 0 Å². The number of rotatable bonds is 2. The highest BCUT2D eigenvalue weighted by Gasteiger charge is 2.38. The van der Waals surface area contributed by atoms with Crippen molar-refractivity contribution in [3.05, 3.63) is 30.1 Å². The van der Waals surface area contributed by atoms with Gasteiger partial charge >= 0.3 is 12.0 Å². The first-order valence-electron chi connectivity index (χ1n) is 6.41. The second kappa shape index (κ2) is 5.48. The molecule has 1 aromatic carbocycles. The van der Waals surface area contributed by atoms with Gasteiger partial charge in [-0.3, -0.25) is 9.69 Å². The minimum atomic E-state index is -0.878. The van der Waals surface area contributed by atoms with Crippen molar-refractivity contribution in [1.29, 1.82) is 0 Å². The lowest BCUT2D eigenvalue weighted by Gasteiger charge is -2.24. The Hall–Kier alpha value is -2.11. The van der Waals surface area contributed by atoms with Gasteiger partial charge in [-0.1, -0.05) is 6.92 Å². The number of halogens is 1. The molecule has 1 aliphatic rings. The summed E-state index contributed by atoms with van der Waals surface area (Å²) in [5, 5.41) is 9.08. The molecule has 1 heterocycles. The summed E-state index contributed by atoms with van der Waals surface area (Å²) in [6, 6.07) is 5.33. The van der Waals surface area contributed by atoms with Gasteiger partial charge < -0.3 is 10.0 Å². The molecule has 0 radical (unpaired) electrons. The third-order valence-corrected chi connectivity index (χ3v) is 3.70. The molecule has 5 nitrogen and oxygen atoms in total. The zero-order valence-corrected chi connectivity index (χ0v) is 11.4. The number of hydrogen-bond acceptors (Lipinski definition) is 2. The fourth-order valence-electron chi connectivity index (χ4n) is 2.43. The van der Waals surface area contributed by atoms with Crippen molar-refractivity contribution >= 4 is 17.7 Å². The summed E-state index contributed by atoms with van der Waals surface area (Å²) in [6.07, 6.45) is 0. The Bertz CT molecular complexity index is 518. The number of benzene rings is 1. The maximum absolute atomic E-state index is 12.9. The zero-order chi connectivity index (χ0) is 14.9. The Labute approximate surface area is 116 Å². The zero-order valence-electron chi connectivity index (χ0n) is 11.4. The van der Waals surface area contributed by atoms with Gasteiger partial charge in [0.15, 0.2) is 0 Å². The molecule has 20 heavy (non-hydrogen) atoms. The molecule has 1 N–H and O–H groups in total. The number of amides is 2. The topological polar surface area (TPSA) is 60.9 Å². The number of likely N-dealkylation sites (tertiary alicyclic amines) is 1. The Kier molecular flexibility index (Phi) is 3.92. The number of carbonyl (C=O) groups excluding carboxylic acids is 1. The van der Waals surface area contributed by atoms with Crippen LogP contribution in [0.4, 0.5) is 14.9 Å². The van der Waals surface area contributed by atoms with Gasteiger partial charge in [0, 0.05) is 25.8 Å². The van der Waals surface area contributed by atoms with E-state index < -0.39 is 11.9 Å². The van der Waals surface area contributed by atoms with Crippen LogP contribution in [0.5, 0.6) is 0 Å². The maximum Gasteiger partial charge on any atom is 0.324 e. The van der Waals surface area contributed by atoms with Crippen LogP contribution < -0.4 is 4.90 Å². The minimum Gasteiger partial charge on any atom is -0.481 e. The molecular formula is C14H17FN2O3. The van der Waals surface area contributed by atoms with Gasteiger partial charge in [-0.2, -0.15) is 0 Å². The summed E-state index contributed by atoms with van der Waals surface area (Å²) in [4.78, 5) is 26.3. The van der Waals surface area contributed by atoms with Gasteiger partial charge in [-0.25, -0.2) is 9.18 Å². The van der Waals surface area contributed by atoms with E-state index in [0.717, 1.165) is 0 Å². The van der Waals surface area contributed by atoms with E-state index in [2.05, 4.69) is 0 Å². The van der Waals surface area contributed by atoms with Crippen molar-refractivity contribution in [2.75, 3.05) is 25.0 Å². The van der Waals surface area contributed by atoms with Crippen molar-refractivity contribution in [3.8, 4) is 0 Å². The van der Waals surface area contributed by atoms with Gasteiger partial charge in [-0.15, -0.1) is 0 Å². The summed E-state index contributed by atoms with van der Waals surface area (Å²) < 4.78 is 12.9. The lowest BCUT2D eigenvalue weighted by Crippen LogP contribution is -2.40. The molecule has 108 valence electrons. The Morgan fingerprint density at radius 1 is 1.30 bits per heavy atom. The van der Waals surface area contributed by atoms with Crippen LogP contribution in [0, 0.1) is 17.7 Å². The molecule has 1 fully saturated rings. The number of anilines is 1. The summed E-state index contributed by atoms with van der Waals surface area (Å²) in [5.74, 6) is -1.84. The first-order valence-corrected chi connectivity index (χ1v) is 6.41. The van der Waals surface area contributed by atoms with Gasteiger partial charge in [0.1, 0.15) is 5.82 Å². The number of aliphatic carboxylic acids is 1. The number of nitrogens with zero attached hydrogens (tertiary/aromatic N) is 2. The van der Waals surface area contributed by atoms with Crippen molar-refractivity contribution in [2.24, 2.45) is 11.8 Å². The quantitative estimate of drug-likeness (QED) is 0.901. The van der Waals surface area contributed by atoms with Crippen molar-refractivity contribution in [1.82, 2.24) is 4.90 Å². The van der Waals surface area contributed by atoms with Crippen LogP contribution in [0.2, 0.25) is 0 Å². The SMILES string of the molecule is CC1CN(C(=O)N(C)c2ccc(F)cc2)CC1C(=O)O. The highest BCUT2D eigenvalue weighted by molar-refractivity contribution is 5.92. The van der Waals surface area contributed by atoms with E-state index in [1.54, 1.807) is 7.05 Å². The Balaban J connectivity index is 2.08. The smallest absolute Gasteiger partial charge is 0.324 e. The molecule has 2 amide bonds. The number of carboxylic acid groups (broad SMARTS) is 1. The van der Waals surface area contributed by atoms with E-state index in [-0.39, 0.29) is 24.3 Å². The second-order valence-corrected chi connectivity index (χ2v) is 5.15. The third kappa shape index (κ3) is 2.74. The predicted octanol–water partition coefficient (Wildman–Crippen LogP) is 2.03. The summed E-state index contributed by atoms with van der Waals surface area (Å²) in [7, 11) is 1.59. The van der Waals surface area contributed by atoms with E-state index >= 15 is 0 Å². The first kappa shape index (κ1) is 14.3. The molecule has 2 unspecified atom stereocenters. The summed E-state index contributed by atoms with van der Waals surface area (Å²) >= 11 is 0. The van der Waals surface area contributed by atoms with Crippen LogP contribution in [0.15, 0.2) is 24.3 Å². The average Bonchev–Trinajstić information content (AvgIpc) is 2.80. The normalized spacial score (nSPS) is 21.9. The predicted molar refractivity (Wildman–Crippen MR) is 72.1 cm³/mol. The fraction of sp³-hybridized carbons (Fsp3) is 0.429. The molecule has 0 aromatic heterocycles. The van der Waals surface area contributed by atoms with Gasteiger partial charge in [0.2, 0.25) is 0 Å². The van der Waals surface area contributed by atoms with Crippen LogP contribution in [0.1, 0.15) is 6.92 Å². The largest absolute Gasteiger partial charge is 0.481 e. The molecule has 1 aliphatic heterocycles. The van der Waals surface area contributed by atoms with Crippen LogP contribution in [-0.4, -0.2) is 42.1 Å².